The molecule has 7 heteroatoms. The molecule has 2 heterocycles. The van der Waals surface area contributed by atoms with Crippen molar-refractivity contribution in [3.8, 4) is 0 Å². The van der Waals surface area contributed by atoms with E-state index in [9.17, 15) is 18.0 Å². The van der Waals surface area contributed by atoms with Crippen LogP contribution in [-0.2, 0) is 11.3 Å². The number of hydrogen-bond acceptors (Lipinski definition) is 3. The minimum absolute atomic E-state index is 0.133. The van der Waals surface area contributed by atoms with Gasteiger partial charge in [0.05, 0.1) is 12.2 Å². The lowest BCUT2D eigenvalue weighted by molar-refractivity contribution is -0.181. The van der Waals surface area contributed by atoms with Gasteiger partial charge in [-0.3, -0.25) is 9.88 Å². The van der Waals surface area contributed by atoms with Gasteiger partial charge in [0.2, 0.25) is 0 Å². The quantitative estimate of drug-likeness (QED) is 0.734. The maximum atomic E-state index is 13.2. The Morgan fingerprint density at radius 3 is 2.60 bits per heavy atom. The largest absolute Gasteiger partial charge is 0.444 e. The van der Waals surface area contributed by atoms with E-state index >= 15 is 0 Å². The van der Waals surface area contributed by atoms with Crippen molar-refractivity contribution in [1.29, 1.82) is 0 Å². The molecule has 4 nitrogen and oxygen atoms in total. The molecule has 1 aliphatic rings. The maximum absolute atomic E-state index is 13.2. The summed E-state index contributed by atoms with van der Waals surface area (Å²) in [5.74, 6) is 0. The van der Waals surface area contributed by atoms with Gasteiger partial charge in [-0.1, -0.05) is 6.07 Å². The van der Waals surface area contributed by atoms with Crippen molar-refractivity contribution >= 4 is 6.09 Å². The second kappa shape index (κ2) is 4.64. The number of carbonyl (C=O) groups is 1. The van der Waals surface area contributed by atoms with Crippen LogP contribution in [0.4, 0.5) is 18.0 Å². The molecule has 0 aromatic carbocycles. The molecule has 0 saturated heterocycles. The molecule has 20 heavy (non-hydrogen) atoms. The average Bonchev–Trinajstić information content (AvgIpc) is 2.65. The molecule has 0 unspecified atom stereocenters. The molecular formula is C13H15F3N2O2. The van der Waals surface area contributed by atoms with E-state index in [0.29, 0.717) is 10.5 Å². The van der Waals surface area contributed by atoms with Crippen LogP contribution >= 0.6 is 0 Å². The number of hydrogen-bond donors (Lipinski definition) is 0. The van der Waals surface area contributed by atoms with Crippen LogP contribution in [0.1, 0.15) is 38.1 Å². The van der Waals surface area contributed by atoms with Crippen LogP contribution in [0.25, 0.3) is 0 Å². The molecule has 0 radical (unpaired) electrons. The van der Waals surface area contributed by atoms with Gasteiger partial charge in [-0.25, -0.2) is 4.79 Å². The molecule has 0 fully saturated rings. The molecule has 1 aromatic heterocycles. The Kier molecular flexibility index (Phi) is 3.39. The Hall–Kier alpha value is -1.79. The highest BCUT2D eigenvalue weighted by Gasteiger charge is 2.52. The first-order valence-electron chi connectivity index (χ1n) is 6.10. The second-order valence-electron chi connectivity index (χ2n) is 5.60. The van der Waals surface area contributed by atoms with Gasteiger partial charge < -0.3 is 4.74 Å². The maximum Gasteiger partial charge on any atom is 0.414 e. The van der Waals surface area contributed by atoms with E-state index in [1.54, 1.807) is 26.8 Å². The van der Waals surface area contributed by atoms with E-state index in [2.05, 4.69) is 4.98 Å². The SMILES string of the molecule is CC(C)(C)OC(=O)N1Cc2cccnc2[C@@H]1C(F)(F)F. The van der Waals surface area contributed by atoms with Gasteiger partial charge in [0.25, 0.3) is 0 Å². The lowest BCUT2D eigenvalue weighted by Crippen LogP contribution is -2.41. The standard InChI is InChI=1S/C13H15F3N2O2/c1-12(2,3)20-11(19)18-7-8-5-4-6-17-9(8)10(18)13(14,15)16/h4-6,10H,7H2,1-3H3/t10-/m1/s1. The molecule has 110 valence electrons. The molecule has 1 aliphatic heterocycles. The third-order valence-corrected chi connectivity index (χ3v) is 2.78. The molecule has 1 aromatic rings. The van der Waals surface area contributed by atoms with Gasteiger partial charge in [-0.15, -0.1) is 0 Å². The smallest absolute Gasteiger partial charge is 0.414 e. The predicted octanol–water partition coefficient (Wildman–Crippen LogP) is 3.44. The second-order valence-corrected chi connectivity index (χ2v) is 5.60. The van der Waals surface area contributed by atoms with Gasteiger partial charge in [0.1, 0.15) is 5.60 Å². The minimum atomic E-state index is -4.59. The van der Waals surface area contributed by atoms with Crippen molar-refractivity contribution in [2.45, 2.75) is 45.1 Å². The van der Waals surface area contributed by atoms with Crippen molar-refractivity contribution in [2.75, 3.05) is 0 Å². The Labute approximate surface area is 114 Å². The average molecular weight is 288 g/mol. The van der Waals surface area contributed by atoms with E-state index in [1.807, 2.05) is 0 Å². The summed E-state index contributed by atoms with van der Waals surface area (Å²) < 4.78 is 44.6. The van der Waals surface area contributed by atoms with E-state index in [0.717, 1.165) is 0 Å². The zero-order valence-corrected chi connectivity index (χ0v) is 11.4. The first-order valence-corrected chi connectivity index (χ1v) is 6.10. The zero-order chi connectivity index (χ0) is 15.1. The van der Waals surface area contributed by atoms with Gasteiger partial charge in [0.15, 0.2) is 6.04 Å². The fraction of sp³-hybridized carbons (Fsp3) is 0.538. The number of fused-ring (bicyclic) bond motifs is 1. The molecule has 0 spiro atoms. The highest BCUT2D eigenvalue weighted by Crippen LogP contribution is 2.43. The number of carbonyl (C=O) groups excluding carboxylic acids is 1. The molecular weight excluding hydrogens is 273 g/mol. The van der Waals surface area contributed by atoms with Crippen LogP contribution in [0.5, 0.6) is 0 Å². The molecule has 0 aliphatic carbocycles. The van der Waals surface area contributed by atoms with Crippen LogP contribution < -0.4 is 0 Å². The highest BCUT2D eigenvalue weighted by molar-refractivity contribution is 5.70. The molecule has 1 atom stereocenters. The lowest BCUT2D eigenvalue weighted by Gasteiger charge is -2.29. The lowest BCUT2D eigenvalue weighted by atomic mass is 10.1. The summed E-state index contributed by atoms with van der Waals surface area (Å²) >= 11 is 0. The molecule has 0 saturated carbocycles. The summed E-state index contributed by atoms with van der Waals surface area (Å²) in [6.45, 7) is 4.67. The monoisotopic (exact) mass is 288 g/mol. The van der Waals surface area contributed by atoms with Gasteiger partial charge in [0, 0.05) is 6.20 Å². The van der Waals surface area contributed by atoms with Crippen LogP contribution in [0.2, 0.25) is 0 Å². The number of amides is 1. The highest BCUT2D eigenvalue weighted by atomic mass is 19.4. The third-order valence-electron chi connectivity index (χ3n) is 2.78. The van der Waals surface area contributed by atoms with Crippen LogP contribution in [0.15, 0.2) is 18.3 Å². The number of halogens is 3. The van der Waals surface area contributed by atoms with Gasteiger partial charge in [-0.2, -0.15) is 13.2 Å². The summed E-state index contributed by atoms with van der Waals surface area (Å²) in [5.41, 5.74) is -0.596. The van der Waals surface area contributed by atoms with Crippen LogP contribution in [-0.4, -0.2) is 27.8 Å². The minimum Gasteiger partial charge on any atom is -0.444 e. The van der Waals surface area contributed by atoms with Crippen molar-refractivity contribution in [3.63, 3.8) is 0 Å². The first kappa shape index (κ1) is 14.6. The van der Waals surface area contributed by atoms with Crippen molar-refractivity contribution in [3.05, 3.63) is 29.6 Å². The Bertz CT molecular complexity index is 523. The molecule has 0 bridgehead atoms. The van der Waals surface area contributed by atoms with E-state index < -0.39 is 23.9 Å². The van der Waals surface area contributed by atoms with Crippen LogP contribution in [0, 0.1) is 0 Å². The van der Waals surface area contributed by atoms with Crippen LogP contribution in [0.3, 0.4) is 0 Å². The normalized spacial score (nSPS) is 18.9. The van der Waals surface area contributed by atoms with E-state index in [-0.39, 0.29) is 12.2 Å². The fourth-order valence-corrected chi connectivity index (χ4v) is 2.08. The first-order chi connectivity index (χ1) is 9.09. The number of nitrogens with zero attached hydrogens (tertiary/aromatic N) is 2. The summed E-state index contributed by atoms with van der Waals surface area (Å²) in [6.07, 6.45) is -4.29. The van der Waals surface area contributed by atoms with Crippen molar-refractivity contribution in [2.24, 2.45) is 0 Å². The summed E-state index contributed by atoms with van der Waals surface area (Å²) in [6, 6.07) is 1.03. The summed E-state index contributed by atoms with van der Waals surface area (Å²) in [4.78, 5) is 16.4. The predicted molar refractivity (Wildman–Crippen MR) is 64.8 cm³/mol. The van der Waals surface area contributed by atoms with Crippen molar-refractivity contribution in [1.82, 2.24) is 9.88 Å². The molecule has 2 rings (SSSR count). The van der Waals surface area contributed by atoms with E-state index in [4.69, 9.17) is 4.74 Å². The van der Waals surface area contributed by atoms with Gasteiger partial charge in [-0.05, 0) is 32.4 Å². The zero-order valence-electron chi connectivity index (χ0n) is 11.4. The number of rotatable bonds is 0. The number of ether oxygens (including phenoxy) is 1. The summed E-state index contributed by atoms with van der Waals surface area (Å²) in [5, 5.41) is 0. The fourth-order valence-electron chi connectivity index (χ4n) is 2.08. The van der Waals surface area contributed by atoms with Gasteiger partial charge >= 0.3 is 12.3 Å². The van der Waals surface area contributed by atoms with E-state index in [1.165, 1.54) is 12.3 Å². The topological polar surface area (TPSA) is 42.4 Å². The Balaban J connectivity index is 2.34. The Morgan fingerprint density at radius 1 is 1.40 bits per heavy atom. The third kappa shape index (κ3) is 2.86. The Morgan fingerprint density at radius 2 is 2.05 bits per heavy atom. The molecule has 0 N–H and O–H groups in total. The van der Waals surface area contributed by atoms with Crippen molar-refractivity contribution < 1.29 is 22.7 Å². The molecule has 1 amide bonds. The number of pyridine rings is 1. The summed E-state index contributed by atoms with van der Waals surface area (Å²) in [7, 11) is 0. The number of aromatic nitrogens is 1. The number of alkyl halides is 3.